The van der Waals surface area contributed by atoms with Crippen LogP contribution in [-0.4, -0.2) is 16.7 Å². The molecule has 1 aromatic rings. The van der Waals surface area contributed by atoms with Gasteiger partial charge in [-0.15, -0.1) is 0 Å². The van der Waals surface area contributed by atoms with Gasteiger partial charge in [-0.1, -0.05) is 6.07 Å². The van der Waals surface area contributed by atoms with Crippen molar-refractivity contribution in [1.82, 2.24) is 4.98 Å². The molecular formula is C19H24N2O2. The molecule has 0 aromatic carbocycles. The van der Waals surface area contributed by atoms with Gasteiger partial charge in [0.25, 0.3) is 0 Å². The van der Waals surface area contributed by atoms with Crippen LogP contribution in [0.5, 0.6) is 0 Å². The van der Waals surface area contributed by atoms with E-state index in [1.165, 1.54) is 12.8 Å². The van der Waals surface area contributed by atoms with Crippen LogP contribution >= 0.6 is 0 Å². The van der Waals surface area contributed by atoms with E-state index in [1.54, 1.807) is 0 Å². The summed E-state index contributed by atoms with van der Waals surface area (Å²) in [4.78, 5) is 29.0. The monoisotopic (exact) mass is 312 g/mol. The molecule has 1 aromatic heterocycles. The van der Waals surface area contributed by atoms with Crippen LogP contribution in [0.2, 0.25) is 0 Å². The first-order valence-corrected chi connectivity index (χ1v) is 8.74. The smallest absolute Gasteiger partial charge is 0.223 e. The summed E-state index contributed by atoms with van der Waals surface area (Å²) in [6.07, 6.45) is 5.70. The number of aromatic nitrogens is 1. The minimum Gasteiger partial charge on any atom is -0.369 e. The molecule has 1 heterocycles. The van der Waals surface area contributed by atoms with Crippen molar-refractivity contribution < 1.29 is 9.59 Å². The summed E-state index contributed by atoms with van der Waals surface area (Å²) in [5, 5.41) is 0. The third-order valence-corrected chi connectivity index (χ3v) is 6.59. The maximum atomic E-state index is 12.6. The molecule has 0 radical (unpaired) electrons. The third-order valence-electron chi connectivity index (χ3n) is 6.59. The zero-order valence-electron chi connectivity index (χ0n) is 13.6. The number of nitrogens with two attached hydrogens (primary N) is 1. The largest absolute Gasteiger partial charge is 0.369 e. The number of aryl methyl sites for hydroxylation is 1. The Balaban J connectivity index is 1.53. The lowest BCUT2D eigenvalue weighted by molar-refractivity contribution is -0.149. The topological polar surface area (TPSA) is 73.1 Å². The highest BCUT2D eigenvalue weighted by atomic mass is 16.1. The number of hydrogen-bond acceptors (Lipinski definition) is 3. The molecule has 4 saturated carbocycles. The van der Waals surface area contributed by atoms with E-state index < -0.39 is 0 Å². The highest BCUT2D eigenvalue weighted by Gasteiger charge is 2.57. The lowest BCUT2D eigenvalue weighted by atomic mass is 9.45. The lowest BCUT2D eigenvalue weighted by Crippen LogP contribution is -2.56. The molecule has 4 aliphatic rings. The Bertz CT molecular complexity index is 653. The third kappa shape index (κ3) is 2.39. The number of carbonyl (C=O) groups excluding carboxylic acids is 2. The van der Waals surface area contributed by atoms with E-state index in [-0.39, 0.29) is 17.1 Å². The highest BCUT2D eigenvalue weighted by Crippen LogP contribution is 2.62. The van der Waals surface area contributed by atoms with Gasteiger partial charge in [0.15, 0.2) is 5.78 Å². The van der Waals surface area contributed by atoms with Gasteiger partial charge in [-0.2, -0.15) is 0 Å². The molecule has 122 valence electrons. The summed E-state index contributed by atoms with van der Waals surface area (Å²) in [6, 6.07) is 5.63. The molecule has 23 heavy (non-hydrogen) atoms. The van der Waals surface area contributed by atoms with Gasteiger partial charge in [0.2, 0.25) is 5.91 Å². The molecule has 1 amide bonds. The van der Waals surface area contributed by atoms with E-state index in [9.17, 15) is 9.59 Å². The van der Waals surface area contributed by atoms with Crippen LogP contribution in [0.15, 0.2) is 18.2 Å². The van der Waals surface area contributed by atoms with Gasteiger partial charge >= 0.3 is 0 Å². The molecule has 4 heteroatoms. The number of Topliss-reactive ketones (excluding diaryl/α,β-unsaturated/α-hetero) is 1. The summed E-state index contributed by atoms with van der Waals surface area (Å²) in [5.74, 6) is 2.07. The van der Waals surface area contributed by atoms with E-state index in [2.05, 4.69) is 4.98 Å². The zero-order valence-corrected chi connectivity index (χ0v) is 13.6. The fourth-order valence-electron chi connectivity index (χ4n) is 5.78. The Hall–Kier alpha value is -1.71. The first kappa shape index (κ1) is 14.9. The van der Waals surface area contributed by atoms with Crippen molar-refractivity contribution in [3.8, 4) is 0 Å². The zero-order chi connectivity index (χ0) is 16.2. The van der Waals surface area contributed by atoms with Crippen LogP contribution in [0.3, 0.4) is 0 Å². The molecule has 2 atom stereocenters. The molecule has 0 saturated heterocycles. The molecule has 2 N–H and O–H groups in total. The molecule has 2 unspecified atom stereocenters. The van der Waals surface area contributed by atoms with Crippen LogP contribution in [0.4, 0.5) is 0 Å². The molecular weight excluding hydrogens is 288 g/mol. The van der Waals surface area contributed by atoms with Crippen LogP contribution in [0.25, 0.3) is 0 Å². The Morgan fingerprint density at radius 1 is 1.22 bits per heavy atom. The fraction of sp³-hybridized carbons (Fsp3) is 0.632. The van der Waals surface area contributed by atoms with Crippen LogP contribution < -0.4 is 5.73 Å². The summed E-state index contributed by atoms with van der Waals surface area (Å²) in [6.45, 7) is 1.91. The van der Waals surface area contributed by atoms with Crippen LogP contribution in [0, 0.1) is 36.0 Å². The van der Waals surface area contributed by atoms with Crippen molar-refractivity contribution >= 4 is 11.7 Å². The van der Waals surface area contributed by atoms with Crippen molar-refractivity contribution in [2.45, 2.75) is 45.4 Å². The summed E-state index contributed by atoms with van der Waals surface area (Å²) >= 11 is 0. The number of primary amides is 1. The summed E-state index contributed by atoms with van der Waals surface area (Å²) in [5.41, 5.74) is 6.93. The van der Waals surface area contributed by atoms with Gasteiger partial charge in [0, 0.05) is 17.5 Å². The van der Waals surface area contributed by atoms with E-state index in [0.717, 1.165) is 25.0 Å². The van der Waals surface area contributed by atoms with Gasteiger partial charge in [-0.05, 0) is 74.8 Å². The molecule has 5 rings (SSSR count). The lowest BCUT2D eigenvalue weighted by Gasteiger charge is -2.58. The number of rotatable bonds is 4. The predicted molar refractivity (Wildman–Crippen MR) is 86.6 cm³/mol. The SMILES string of the molecule is Cc1cccc(C(=O)CC2C3CC4CC2CC(C(N)=O)(C4)C3)n1. The minimum absolute atomic E-state index is 0.109. The number of pyridine rings is 1. The van der Waals surface area contributed by atoms with Gasteiger partial charge in [0.1, 0.15) is 5.69 Å². The Morgan fingerprint density at radius 2 is 1.91 bits per heavy atom. The van der Waals surface area contributed by atoms with E-state index in [4.69, 9.17) is 5.73 Å². The second kappa shape index (κ2) is 5.15. The normalized spacial score (nSPS) is 37.8. The van der Waals surface area contributed by atoms with Crippen LogP contribution in [0.1, 0.15) is 54.7 Å². The second-order valence-corrected chi connectivity index (χ2v) is 8.07. The number of nitrogens with zero attached hydrogens (tertiary/aromatic N) is 1. The average molecular weight is 312 g/mol. The van der Waals surface area contributed by atoms with Crippen molar-refractivity contribution in [1.29, 1.82) is 0 Å². The molecule has 4 nitrogen and oxygen atoms in total. The molecule has 4 bridgehead atoms. The predicted octanol–water partition coefficient (Wildman–Crippen LogP) is 2.89. The number of ketones is 1. The summed E-state index contributed by atoms with van der Waals surface area (Å²) in [7, 11) is 0. The summed E-state index contributed by atoms with van der Waals surface area (Å²) < 4.78 is 0. The molecule has 0 spiro atoms. The number of amides is 1. The quantitative estimate of drug-likeness (QED) is 0.869. The maximum absolute atomic E-state index is 12.6. The van der Waals surface area contributed by atoms with Crippen molar-refractivity contribution in [2.75, 3.05) is 0 Å². The first-order valence-electron chi connectivity index (χ1n) is 8.74. The van der Waals surface area contributed by atoms with Crippen LogP contribution in [-0.2, 0) is 4.79 Å². The van der Waals surface area contributed by atoms with Crippen molar-refractivity contribution in [2.24, 2.45) is 34.8 Å². The Kier molecular flexibility index (Phi) is 3.33. The van der Waals surface area contributed by atoms with Gasteiger partial charge in [0.05, 0.1) is 0 Å². The van der Waals surface area contributed by atoms with E-state index >= 15 is 0 Å². The first-order chi connectivity index (χ1) is 11.0. The van der Waals surface area contributed by atoms with Crippen molar-refractivity contribution in [3.05, 3.63) is 29.6 Å². The van der Waals surface area contributed by atoms with Gasteiger partial charge in [-0.25, -0.2) is 0 Å². The van der Waals surface area contributed by atoms with Crippen molar-refractivity contribution in [3.63, 3.8) is 0 Å². The molecule has 0 aliphatic heterocycles. The Labute approximate surface area is 136 Å². The minimum atomic E-state index is -0.266. The average Bonchev–Trinajstić information content (AvgIpc) is 2.50. The molecule has 4 fully saturated rings. The van der Waals surface area contributed by atoms with Gasteiger partial charge < -0.3 is 5.73 Å². The number of hydrogen-bond donors (Lipinski definition) is 1. The van der Waals surface area contributed by atoms with E-state index in [0.29, 0.717) is 35.8 Å². The fourth-order valence-corrected chi connectivity index (χ4v) is 5.78. The second-order valence-electron chi connectivity index (χ2n) is 8.07. The highest BCUT2D eigenvalue weighted by molar-refractivity contribution is 5.94. The maximum Gasteiger partial charge on any atom is 0.223 e. The molecule has 4 aliphatic carbocycles. The standard InChI is InChI=1S/C19H24N2O2/c1-11-3-2-4-16(21-11)17(22)7-15-13-5-12-6-14(15)10-19(8-12,9-13)18(20)23/h2-4,12-15H,5-10H2,1H3,(H2,20,23). The Morgan fingerprint density at radius 3 is 2.52 bits per heavy atom. The number of carbonyl (C=O) groups is 2. The van der Waals surface area contributed by atoms with Gasteiger partial charge in [-0.3, -0.25) is 14.6 Å². The van der Waals surface area contributed by atoms with E-state index in [1.807, 2.05) is 25.1 Å².